The van der Waals surface area contributed by atoms with Crippen LogP contribution in [0.15, 0.2) is 45.7 Å². The molecule has 3 aromatic rings. The molecule has 0 aromatic carbocycles. The molecule has 0 unspecified atom stereocenters. The van der Waals surface area contributed by atoms with Crippen LogP contribution in [0.2, 0.25) is 0 Å². The third-order valence-electron chi connectivity index (χ3n) is 3.17. The minimum Gasteiger partial charge on any atom is -0.459 e. The summed E-state index contributed by atoms with van der Waals surface area (Å²) in [5.41, 5.74) is 0.779. The first-order chi connectivity index (χ1) is 11.7. The zero-order valence-corrected chi connectivity index (χ0v) is 14.3. The van der Waals surface area contributed by atoms with Gasteiger partial charge in [0.05, 0.1) is 18.5 Å². The number of rotatable bonds is 7. The quantitative estimate of drug-likeness (QED) is 0.676. The number of hydrogen-bond acceptors (Lipinski definition) is 6. The third-order valence-corrected chi connectivity index (χ3v) is 4.85. The number of thiazole rings is 1. The Hall–Kier alpha value is -2.45. The summed E-state index contributed by atoms with van der Waals surface area (Å²) in [5.74, 6) is -0.119. The molecule has 0 bridgehead atoms. The van der Waals surface area contributed by atoms with Gasteiger partial charge in [-0.05, 0) is 30.0 Å². The maximum Gasteiger partial charge on any atom is 0.293 e. The van der Waals surface area contributed by atoms with Crippen molar-refractivity contribution in [2.45, 2.75) is 19.4 Å². The van der Waals surface area contributed by atoms with Crippen molar-refractivity contribution in [2.75, 3.05) is 5.32 Å². The van der Waals surface area contributed by atoms with E-state index < -0.39 is 0 Å². The van der Waals surface area contributed by atoms with Crippen LogP contribution in [0.25, 0.3) is 0 Å². The highest BCUT2D eigenvalue weighted by molar-refractivity contribution is 7.14. The number of nitrogens with one attached hydrogen (secondary N) is 2. The molecule has 0 saturated heterocycles. The number of nitrogens with zero attached hydrogens (tertiary/aromatic N) is 1. The van der Waals surface area contributed by atoms with Crippen LogP contribution in [0.3, 0.4) is 0 Å². The van der Waals surface area contributed by atoms with Crippen LogP contribution in [-0.4, -0.2) is 16.8 Å². The van der Waals surface area contributed by atoms with E-state index in [0.717, 1.165) is 10.6 Å². The van der Waals surface area contributed by atoms with Crippen molar-refractivity contribution in [3.63, 3.8) is 0 Å². The van der Waals surface area contributed by atoms with E-state index in [-0.39, 0.29) is 17.6 Å². The van der Waals surface area contributed by atoms with Crippen LogP contribution in [0, 0.1) is 0 Å². The van der Waals surface area contributed by atoms with Crippen molar-refractivity contribution in [3.8, 4) is 0 Å². The van der Waals surface area contributed by atoms with Gasteiger partial charge in [-0.2, -0.15) is 0 Å². The number of carbonyl (C=O) groups excluding carboxylic acids is 2. The number of aromatic nitrogens is 1. The number of furan rings is 1. The van der Waals surface area contributed by atoms with E-state index >= 15 is 0 Å². The molecule has 2 amide bonds. The van der Waals surface area contributed by atoms with E-state index in [1.807, 2.05) is 22.9 Å². The molecule has 0 saturated carbocycles. The lowest BCUT2D eigenvalue weighted by atomic mass is 10.2. The summed E-state index contributed by atoms with van der Waals surface area (Å²) < 4.78 is 5.02. The van der Waals surface area contributed by atoms with Crippen molar-refractivity contribution in [2.24, 2.45) is 0 Å². The predicted molar refractivity (Wildman–Crippen MR) is 93.3 cm³/mol. The first kappa shape index (κ1) is 16.4. The summed E-state index contributed by atoms with van der Waals surface area (Å²) in [7, 11) is 0. The second kappa shape index (κ2) is 7.89. The van der Waals surface area contributed by atoms with Gasteiger partial charge in [0.25, 0.3) is 5.91 Å². The highest BCUT2D eigenvalue weighted by Gasteiger charge is 2.12. The summed E-state index contributed by atoms with van der Waals surface area (Å²) in [5, 5.41) is 9.86. The van der Waals surface area contributed by atoms with Crippen LogP contribution in [0.5, 0.6) is 0 Å². The highest BCUT2D eigenvalue weighted by atomic mass is 32.1. The lowest BCUT2D eigenvalue weighted by molar-refractivity contribution is -0.121. The van der Waals surface area contributed by atoms with Gasteiger partial charge < -0.3 is 9.73 Å². The molecule has 3 heterocycles. The van der Waals surface area contributed by atoms with Gasteiger partial charge in [-0.25, -0.2) is 4.98 Å². The summed E-state index contributed by atoms with van der Waals surface area (Å²) in [4.78, 5) is 29.1. The number of hydrogen-bond donors (Lipinski definition) is 2. The maximum absolute atomic E-state index is 11.8. The Balaban J connectivity index is 1.44. The van der Waals surface area contributed by atoms with Crippen LogP contribution < -0.4 is 10.6 Å². The Morgan fingerprint density at radius 2 is 2.12 bits per heavy atom. The summed E-state index contributed by atoms with van der Waals surface area (Å²) >= 11 is 2.94. The molecule has 24 heavy (non-hydrogen) atoms. The molecule has 0 aliphatic carbocycles. The predicted octanol–water partition coefficient (Wildman–Crippen LogP) is 3.30. The molecule has 0 fully saturated rings. The topological polar surface area (TPSA) is 84.2 Å². The molecule has 3 rings (SSSR count). The van der Waals surface area contributed by atoms with Crippen molar-refractivity contribution in [1.29, 1.82) is 0 Å². The van der Waals surface area contributed by atoms with E-state index in [4.69, 9.17) is 4.42 Å². The second-order valence-electron chi connectivity index (χ2n) is 4.93. The van der Waals surface area contributed by atoms with E-state index in [1.54, 1.807) is 23.5 Å². The molecule has 0 atom stereocenters. The Morgan fingerprint density at radius 1 is 1.21 bits per heavy atom. The average molecular weight is 361 g/mol. The van der Waals surface area contributed by atoms with E-state index in [2.05, 4.69) is 15.6 Å². The van der Waals surface area contributed by atoms with Crippen molar-refractivity contribution in [1.82, 2.24) is 10.3 Å². The fourth-order valence-corrected chi connectivity index (χ4v) is 3.36. The van der Waals surface area contributed by atoms with Crippen molar-refractivity contribution >= 4 is 39.6 Å². The normalized spacial score (nSPS) is 10.5. The van der Waals surface area contributed by atoms with E-state index in [0.29, 0.717) is 24.5 Å². The molecule has 0 aliphatic heterocycles. The van der Waals surface area contributed by atoms with E-state index in [1.165, 1.54) is 17.6 Å². The first-order valence-electron chi connectivity index (χ1n) is 7.29. The molecule has 0 spiro atoms. The van der Waals surface area contributed by atoms with Crippen LogP contribution in [0.4, 0.5) is 5.13 Å². The molecule has 0 aliphatic rings. The van der Waals surface area contributed by atoms with Gasteiger partial charge in [-0.15, -0.1) is 22.7 Å². The van der Waals surface area contributed by atoms with Gasteiger partial charge in [0.1, 0.15) is 0 Å². The smallest absolute Gasteiger partial charge is 0.293 e. The van der Waals surface area contributed by atoms with Gasteiger partial charge >= 0.3 is 0 Å². The fourth-order valence-electron chi connectivity index (χ4n) is 1.97. The monoisotopic (exact) mass is 361 g/mol. The van der Waals surface area contributed by atoms with Crippen LogP contribution in [-0.2, 0) is 17.8 Å². The molecular weight excluding hydrogens is 346 g/mol. The van der Waals surface area contributed by atoms with Crippen LogP contribution >= 0.6 is 22.7 Å². The standard InChI is InChI=1S/C16H15N3O3S2/c20-14(17-9-12-3-2-8-23-12)6-5-11-10-24-16(18-11)19-15(21)13-4-1-7-22-13/h1-4,7-8,10H,5-6,9H2,(H,17,20)(H,18,19,21). The summed E-state index contributed by atoms with van der Waals surface area (Å²) in [6.07, 6.45) is 2.33. The molecular formula is C16H15N3O3S2. The van der Waals surface area contributed by atoms with Gasteiger partial charge in [0.15, 0.2) is 10.9 Å². The Labute approximate surface area is 146 Å². The second-order valence-corrected chi connectivity index (χ2v) is 6.82. The Bertz CT molecular complexity index is 795. The van der Waals surface area contributed by atoms with Gasteiger partial charge in [0, 0.05) is 16.7 Å². The molecule has 2 N–H and O–H groups in total. The maximum atomic E-state index is 11.8. The lowest BCUT2D eigenvalue weighted by Crippen LogP contribution is -2.22. The zero-order valence-electron chi connectivity index (χ0n) is 12.7. The zero-order chi connectivity index (χ0) is 16.8. The minimum atomic E-state index is -0.338. The number of anilines is 1. The molecule has 3 aromatic heterocycles. The van der Waals surface area contributed by atoms with Gasteiger partial charge in [-0.1, -0.05) is 6.07 Å². The Kier molecular flexibility index (Phi) is 5.39. The molecule has 8 heteroatoms. The largest absolute Gasteiger partial charge is 0.459 e. The Morgan fingerprint density at radius 3 is 2.88 bits per heavy atom. The minimum absolute atomic E-state index is 0.0161. The van der Waals surface area contributed by atoms with Crippen molar-refractivity contribution < 1.29 is 14.0 Å². The summed E-state index contributed by atoms with van der Waals surface area (Å²) in [6.45, 7) is 0.554. The van der Waals surface area contributed by atoms with Crippen LogP contribution in [0.1, 0.15) is 27.5 Å². The SMILES string of the molecule is O=C(CCc1csc(NC(=O)c2ccco2)n1)NCc1cccs1. The fraction of sp³-hybridized carbons (Fsp3) is 0.188. The molecule has 6 nitrogen and oxygen atoms in total. The number of aryl methyl sites for hydroxylation is 1. The number of amides is 2. The van der Waals surface area contributed by atoms with E-state index in [9.17, 15) is 9.59 Å². The molecule has 124 valence electrons. The first-order valence-corrected chi connectivity index (χ1v) is 9.05. The highest BCUT2D eigenvalue weighted by Crippen LogP contribution is 2.17. The lowest BCUT2D eigenvalue weighted by Gasteiger charge is -2.02. The van der Waals surface area contributed by atoms with Gasteiger partial charge in [0.2, 0.25) is 5.91 Å². The summed E-state index contributed by atoms with van der Waals surface area (Å²) in [6, 6.07) is 7.18. The molecule has 0 radical (unpaired) electrons. The van der Waals surface area contributed by atoms with Gasteiger partial charge in [-0.3, -0.25) is 14.9 Å². The van der Waals surface area contributed by atoms with Crippen molar-refractivity contribution in [3.05, 3.63) is 57.6 Å². The number of thiophene rings is 1. The average Bonchev–Trinajstić information content (AvgIpc) is 3.32. The third kappa shape index (κ3) is 4.53. The number of carbonyl (C=O) groups is 2.